The van der Waals surface area contributed by atoms with E-state index in [2.05, 4.69) is 5.43 Å². The fourth-order valence-electron chi connectivity index (χ4n) is 1.36. The van der Waals surface area contributed by atoms with Gasteiger partial charge in [0.15, 0.2) is 0 Å². The molecule has 0 aliphatic rings. The molecule has 4 heteroatoms. The largest absolute Gasteiger partial charge is 0.377 e. The Bertz CT molecular complexity index is 342. The van der Waals surface area contributed by atoms with E-state index in [1.54, 1.807) is 13.0 Å². The first-order valence-corrected chi connectivity index (χ1v) is 5.38. The molecular formula is C12H19FN2O. The number of nitrogens with one attached hydrogen (secondary N) is 1. The zero-order valence-electron chi connectivity index (χ0n) is 9.96. The minimum Gasteiger partial charge on any atom is -0.377 e. The van der Waals surface area contributed by atoms with E-state index in [0.29, 0.717) is 12.2 Å². The van der Waals surface area contributed by atoms with Crippen LogP contribution in [0.15, 0.2) is 18.2 Å². The molecule has 1 aromatic rings. The second-order valence-corrected chi connectivity index (χ2v) is 4.11. The van der Waals surface area contributed by atoms with E-state index in [4.69, 9.17) is 10.6 Å². The van der Waals surface area contributed by atoms with Crippen LogP contribution in [0, 0.1) is 12.7 Å². The first-order valence-electron chi connectivity index (χ1n) is 5.38. The quantitative estimate of drug-likeness (QED) is 0.597. The number of nitrogens with two attached hydrogens (primary N) is 1. The number of rotatable bonds is 5. The van der Waals surface area contributed by atoms with Crippen LogP contribution in [0.25, 0.3) is 0 Å². The molecule has 1 unspecified atom stereocenters. The highest BCUT2D eigenvalue weighted by atomic mass is 19.1. The van der Waals surface area contributed by atoms with Crippen molar-refractivity contribution in [3.8, 4) is 0 Å². The lowest BCUT2D eigenvalue weighted by molar-refractivity contribution is 0.0611. The molecule has 0 saturated carbocycles. The third-order valence-electron chi connectivity index (χ3n) is 2.40. The van der Waals surface area contributed by atoms with Crippen LogP contribution >= 0.6 is 0 Å². The summed E-state index contributed by atoms with van der Waals surface area (Å²) in [5.74, 6) is 5.21. The molecule has 3 nitrogen and oxygen atoms in total. The van der Waals surface area contributed by atoms with Crippen LogP contribution in [-0.4, -0.2) is 12.7 Å². The number of hydrazine groups is 1. The molecule has 0 fully saturated rings. The first kappa shape index (κ1) is 13.1. The second-order valence-electron chi connectivity index (χ2n) is 4.11. The summed E-state index contributed by atoms with van der Waals surface area (Å²) in [5, 5.41) is 0. The molecule has 16 heavy (non-hydrogen) atoms. The Labute approximate surface area is 95.8 Å². The number of hydrogen-bond donors (Lipinski definition) is 2. The van der Waals surface area contributed by atoms with E-state index < -0.39 is 0 Å². The predicted molar refractivity (Wildman–Crippen MR) is 62.3 cm³/mol. The smallest absolute Gasteiger partial charge is 0.126 e. The minimum atomic E-state index is -0.220. The standard InChI is InChI=1S/C12H19FN2O/c1-8(2)16-7-12(15-14)10-5-4-9(3)11(13)6-10/h4-6,8,12,15H,7,14H2,1-3H3. The third kappa shape index (κ3) is 3.56. The van der Waals surface area contributed by atoms with Gasteiger partial charge in [0.1, 0.15) is 5.82 Å². The van der Waals surface area contributed by atoms with Gasteiger partial charge < -0.3 is 4.74 Å². The Morgan fingerprint density at radius 1 is 1.44 bits per heavy atom. The number of benzene rings is 1. The molecule has 1 rings (SSSR count). The molecule has 1 atom stereocenters. The summed E-state index contributed by atoms with van der Waals surface area (Å²) >= 11 is 0. The van der Waals surface area contributed by atoms with Gasteiger partial charge in [0, 0.05) is 0 Å². The SMILES string of the molecule is Cc1ccc(C(COC(C)C)NN)cc1F. The highest BCUT2D eigenvalue weighted by Gasteiger charge is 2.12. The number of hydrogen-bond acceptors (Lipinski definition) is 3. The van der Waals surface area contributed by atoms with Crippen molar-refractivity contribution < 1.29 is 9.13 Å². The molecule has 0 saturated heterocycles. The molecule has 3 N–H and O–H groups in total. The van der Waals surface area contributed by atoms with Crippen LogP contribution < -0.4 is 11.3 Å². The topological polar surface area (TPSA) is 47.3 Å². The highest BCUT2D eigenvalue weighted by molar-refractivity contribution is 5.25. The molecule has 0 aromatic heterocycles. The van der Waals surface area contributed by atoms with Crippen LogP contribution in [0.5, 0.6) is 0 Å². The van der Waals surface area contributed by atoms with E-state index in [9.17, 15) is 4.39 Å². The van der Waals surface area contributed by atoms with Crippen molar-refractivity contribution >= 4 is 0 Å². The van der Waals surface area contributed by atoms with Crippen molar-refractivity contribution in [2.45, 2.75) is 32.9 Å². The number of ether oxygens (including phenoxy) is 1. The fourth-order valence-corrected chi connectivity index (χ4v) is 1.36. The Kier molecular flexibility index (Phi) is 4.86. The van der Waals surface area contributed by atoms with Crippen LogP contribution in [0.2, 0.25) is 0 Å². The number of aryl methyl sites for hydroxylation is 1. The lowest BCUT2D eigenvalue weighted by Gasteiger charge is -2.18. The summed E-state index contributed by atoms with van der Waals surface area (Å²) < 4.78 is 18.8. The van der Waals surface area contributed by atoms with Crippen molar-refractivity contribution in [2.75, 3.05) is 6.61 Å². The fraction of sp³-hybridized carbons (Fsp3) is 0.500. The summed E-state index contributed by atoms with van der Waals surface area (Å²) in [6.07, 6.45) is 0.131. The average Bonchev–Trinajstić information content (AvgIpc) is 2.23. The Morgan fingerprint density at radius 2 is 2.12 bits per heavy atom. The van der Waals surface area contributed by atoms with Gasteiger partial charge in [0.05, 0.1) is 18.8 Å². The van der Waals surface area contributed by atoms with Gasteiger partial charge >= 0.3 is 0 Å². The average molecular weight is 226 g/mol. The minimum absolute atomic E-state index is 0.131. The monoisotopic (exact) mass is 226 g/mol. The molecule has 0 spiro atoms. The van der Waals surface area contributed by atoms with Crippen LogP contribution in [-0.2, 0) is 4.74 Å². The molecule has 0 aliphatic heterocycles. The van der Waals surface area contributed by atoms with Crippen LogP contribution in [0.4, 0.5) is 4.39 Å². The molecular weight excluding hydrogens is 207 g/mol. The van der Waals surface area contributed by atoms with E-state index in [1.165, 1.54) is 6.07 Å². The summed E-state index contributed by atoms with van der Waals surface area (Å²) in [4.78, 5) is 0. The molecule has 90 valence electrons. The zero-order chi connectivity index (χ0) is 12.1. The van der Waals surface area contributed by atoms with Gasteiger partial charge in [-0.2, -0.15) is 0 Å². The second kappa shape index (κ2) is 5.94. The van der Waals surface area contributed by atoms with Gasteiger partial charge in [0.2, 0.25) is 0 Å². The van der Waals surface area contributed by atoms with Gasteiger partial charge in [-0.3, -0.25) is 11.3 Å². The Morgan fingerprint density at radius 3 is 2.62 bits per heavy atom. The predicted octanol–water partition coefficient (Wildman–Crippen LogP) is 2.06. The Balaban J connectivity index is 2.74. The van der Waals surface area contributed by atoms with Gasteiger partial charge in [-0.15, -0.1) is 0 Å². The van der Waals surface area contributed by atoms with Crippen LogP contribution in [0.1, 0.15) is 31.0 Å². The summed E-state index contributed by atoms with van der Waals surface area (Å²) in [6, 6.07) is 4.90. The van der Waals surface area contributed by atoms with Crippen molar-refractivity contribution in [1.29, 1.82) is 0 Å². The van der Waals surface area contributed by atoms with Gasteiger partial charge in [-0.05, 0) is 38.0 Å². The Hall–Kier alpha value is -0.970. The zero-order valence-corrected chi connectivity index (χ0v) is 9.96. The number of halogens is 1. The van der Waals surface area contributed by atoms with Crippen molar-refractivity contribution in [3.05, 3.63) is 35.1 Å². The third-order valence-corrected chi connectivity index (χ3v) is 2.40. The van der Waals surface area contributed by atoms with Gasteiger partial charge in [-0.25, -0.2) is 4.39 Å². The lowest BCUT2D eigenvalue weighted by atomic mass is 10.1. The lowest BCUT2D eigenvalue weighted by Crippen LogP contribution is -2.32. The molecule has 0 heterocycles. The molecule has 0 radical (unpaired) electrons. The highest BCUT2D eigenvalue weighted by Crippen LogP contribution is 2.16. The maximum Gasteiger partial charge on any atom is 0.126 e. The first-order chi connectivity index (χ1) is 7.54. The maximum atomic E-state index is 13.4. The summed E-state index contributed by atoms with van der Waals surface area (Å²) in [5.41, 5.74) is 4.06. The maximum absolute atomic E-state index is 13.4. The summed E-state index contributed by atoms with van der Waals surface area (Å²) in [7, 11) is 0. The van der Waals surface area contributed by atoms with Crippen LogP contribution in [0.3, 0.4) is 0 Å². The van der Waals surface area contributed by atoms with E-state index in [0.717, 1.165) is 5.56 Å². The molecule has 0 amide bonds. The van der Waals surface area contributed by atoms with Gasteiger partial charge in [-0.1, -0.05) is 12.1 Å². The molecule has 0 bridgehead atoms. The molecule has 1 aromatic carbocycles. The van der Waals surface area contributed by atoms with E-state index in [-0.39, 0.29) is 18.0 Å². The molecule has 0 aliphatic carbocycles. The van der Waals surface area contributed by atoms with Crippen molar-refractivity contribution in [2.24, 2.45) is 5.84 Å². The van der Waals surface area contributed by atoms with Crippen molar-refractivity contribution in [3.63, 3.8) is 0 Å². The van der Waals surface area contributed by atoms with Crippen molar-refractivity contribution in [1.82, 2.24) is 5.43 Å². The van der Waals surface area contributed by atoms with E-state index >= 15 is 0 Å². The summed E-state index contributed by atoms with van der Waals surface area (Å²) in [6.45, 7) is 6.05. The van der Waals surface area contributed by atoms with E-state index in [1.807, 2.05) is 19.9 Å². The van der Waals surface area contributed by atoms with Gasteiger partial charge in [0.25, 0.3) is 0 Å². The normalized spacial score (nSPS) is 13.1.